The number of likely N-dealkylation sites (tertiary alicyclic amines) is 2. The molecular formula is C30H34ClN5O8S. The van der Waals surface area contributed by atoms with Crippen molar-refractivity contribution in [2.24, 2.45) is 0 Å². The van der Waals surface area contributed by atoms with E-state index >= 15 is 0 Å². The zero-order valence-corrected chi connectivity index (χ0v) is 26.0. The number of aliphatic hydroxyl groups is 1. The smallest absolute Gasteiger partial charge is 0.328 e. The number of hydrogen-bond donors (Lipinski definition) is 2. The van der Waals surface area contributed by atoms with Crippen LogP contribution in [-0.2, 0) is 29.0 Å². The van der Waals surface area contributed by atoms with Crippen LogP contribution in [0.5, 0.6) is 0 Å². The molecule has 0 saturated carbocycles. The van der Waals surface area contributed by atoms with Crippen LogP contribution < -0.4 is 0 Å². The number of amides is 3. The van der Waals surface area contributed by atoms with Crippen LogP contribution in [0.2, 0.25) is 5.02 Å². The Kier molecular flexibility index (Phi) is 8.39. The van der Waals surface area contributed by atoms with E-state index in [0.29, 0.717) is 61.7 Å². The number of carbonyl (C=O) groups excluding carboxylic acids is 3. The quantitative estimate of drug-likeness (QED) is 0.396. The lowest BCUT2D eigenvalue weighted by atomic mass is 10.0. The van der Waals surface area contributed by atoms with Gasteiger partial charge in [0.1, 0.15) is 17.8 Å². The maximum absolute atomic E-state index is 13.3. The molecule has 0 aliphatic carbocycles. The van der Waals surface area contributed by atoms with Gasteiger partial charge in [0.05, 0.1) is 30.5 Å². The van der Waals surface area contributed by atoms with Crippen LogP contribution >= 0.6 is 11.6 Å². The fourth-order valence-corrected chi connectivity index (χ4v) is 8.11. The highest BCUT2D eigenvalue weighted by Gasteiger charge is 2.43. The molecule has 3 amide bonds. The van der Waals surface area contributed by atoms with Crippen molar-refractivity contribution >= 4 is 55.9 Å². The van der Waals surface area contributed by atoms with Gasteiger partial charge in [-0.2, -0.15) is 0 Å². The Hall–Kier alpha value is -3.88. The molecule has 4 heterocycles. The molecule has 3 fully saturated rings. The number of aliphatic carboxylic acids is 1. The molecule has 4 aliphatic heterocycles. The Labute approximate surface area is 265 Å². The van der Waals surface area contributed by atoms with Crippen LogP contribution in [0.3, 0.4) is 0 Å². The molecule has 6 rings (SSSR count). The average molecular weight is 660 g/mol. The van der Waals surface area contributed by atoms with Crippen molar-refractivity contribution in [3.8, 4) is 0 Å². The lowest BCUT2D eigenvalue weighted by molar-refractivity contribution is -0.148. The molecule has 2 atom stereocenters. The summed E-state index contributed by atoms with van der Waals surface area (Å²) in [4.78, 5) is 58.5. The first-order chi connectivity index (χ1) is 21.4. The molecule has 4 aliphatic rings. The predicted molar refractivity (Wildman–Crippen MR) is 162 cm³/mol. The summed E-state index contributed by atoms with van der Waals surface area (Å²) in [5, 5.41) is 22.3. The van der Waals surface area contributed by atoms with E-state index in [1.54, 1.807) is 40.3 Å². The van der Waals surface area contributed by atoms with E-state index in [-0.39, 0.29) is 42.4 Å². The molecule has 2 N–H and O–H groups in total. The Morgan fingerprint density at radius 2 is 1.71 bits per heavy atom. The second kappa shape index (κ2) is 12.1. The van der Waals surface area contributed by atoms with Gasteiger partial charge in [-0.25, -0.2) is 13.2 Å². The largest absolute Gasteiger partial charge is 0.480 e. The summed E-state index contributed by atoms with van der Waals surface area (Å²) in [6, 6.07) is 8.51. The summed E-state index contributed by atoms with van der Waals surface area (Å²) < 4.78 is 26.1. The molecular weight excluding hydrogens is 626 g/mol. The average Bonchev–Trinajstić information content (AvgIpc) is 3.70. The lowest BCUT2D eigenvalue weighted by Crippen LogP contribution is -2.51. The highest BCUT2D eigenvalue weighted by molar-refractivity contribution is 7.91. The van der Waals surface area contributed by atoms with Crippen molar-refractivity contribution in [1.29, 1.82) is 0 Å². The minimum atomic E-state index is -3.96. The van der Waals surface area contributed by atoms with E-state index in [2.05, 4.69) is 0 Å². The lowest BCUT2D eigenvalue weighted by Gasteiger charge is -2.37. The molecule has 0 aromatic heterocycles. The SMILES string of the molecule is O=C(O)C(CN1C=C2C(=O)N(C3CCN(C(=O)[C@H](O)CS(=O)(=O)c4ccc5cc(Cl)ccc5c4)CC3)CN2C1)N1CCCC1=O. The van der Waals surface area contributed by atoms with Gasteiger partial charge in [0.15, 0.2) is 9.84 Å². The molecule has 0 spiro atoms. The number of fused-ring (bicyclic) bond motifs is 2. The van der Waals surface area contributed by atoms with Gasteiger partial charge in [-0.15, -0.1) is 0 Å². The number of rotatable bonds is 9. The summed E-state index contributed by atoms with van der Waals surface area (Å²) in [5.41, 5.74) is 0.461. The monoisotopic (exact) mass is 659 g/mol. The maximum atomic E-state index is 13.3. The van der Waals surface area contributed by atoms with E-state index < -0.39 is 39.6 Å². The molecule has 3 saturated heterocycles. The van der Waals surface area contributed by atoms with Crippen molar-refractivity contribution in [1.82, 2.24) is 24.5 Å². The van der Waals surface area contributed by atoms with Crippen LogP contribution in [0, 0.1) is 0 Å². The molecule has 2 aromatic rings. The van der Waals surface area contributed by atoms with Gasteiger partial charge in [0, 0.05) is 43.3 Å². The van der Waals surface area contributed by atoms with Crippen LogP contribution in [0.4, 0.5) is 0 Å². The van der Waals surface area contributed by atoms with Crippen LogP contribution in [-0.4, -0.2) is 130 Å². The maximum Gasteiger partial charge on any atom is 0.328 e. The normalized spacial score (nSPS) is 20.7. The van der Waals surface area contributed by atoms with Gasteiger partial charge >= 0.3 is 5.97 Å². The molecule has 0 bridgehead atoms. The Bertz CT molecular complexity index is 1690. The van der Waals surface area contributed by atoms with E-state index in [1.165, 1.54) is 21.9 Å². The zero-order valence-electron chi connectivity index (χ0n) is 24.4. The van der Waals surface area contributed by atoms with Gasteiger partial charge in [-0.05, 0) is 54.3 Å². The number of aliphatic hydroxyl groups excluding tert-OH is 1. The highest BCUT2D eigenvalue weighted by atomic mass is 35.5. The molecule has 13 nitrogen and oxygen atoms in total. The summed E-state index contributed by atoms with van der Waals surface area (Å²) in [6.45, 7) is 1.66. The number of sulfone groups is 1. The van der Waals surface area contributed by atoms with Crippen molar-refractivity contribution in [2.45, 2.75) is 48.8 Å². The van der Waals surface area contributed by atoms with Crippen LogP contribution in [0.15, 0.2) is 53.2 Å². The third kappa shape index (κ3) is 6.18. The number of piperidine rings is 1. The van der Waals surface area contributed by atoms with Gasteiger partial charge in [0.25, 0.3) is 11.8 Å². The minimum absolute atomic E-state index is 0.00635. The second-order valence-corrected chi connectivity index (χ2v) is 14.4. The number of halogens is 1. The van der Waals surface area contributed by atoms with Crippen molar-refractivity contribution < 1.29 is 37.8 Å². The Morgan fingerprint density at radius 1 is 1.00 bits per heavy atom. The van der Waals surface area contributed by atoms with Gasteiger partial charge in [-0.1, -0.05) is 23.7 Å². The van der Waals surface area contributed by atoms with Crippen molar-refractivity contribution in [3.05, 3.63) is 53.3 Å². The van der Waals surface area contributed by atoms with E-state index in [1.807, 2.05) is 4.90 Å². The first-order valence-corrected chi connectivity index (χ1v) is 16.9. The van der Waals surface area contributed by atoms with Gasteiger partial charge in [0.2, 0.25) is 5.91 Å². The molecule has 240 valence electrons. The van der Waals surface area contributed by atoms with Crippen LogP contribution in [0.25, 0.3) is 10.8 Å². The number of carbonyl (C=O) groups is 4. The Morgan fingerprint density at radius 3 is 2.38 bits per heavy atom. The van der Waals surface area contributed by atoms with Gasteiger partial charge in [-0.3, -0.25) is 14.4 Å². The van der Waals surface area contributed by atoms with E-state index in [9.17, 15) is 37.8 Å². The molecule has 45 heavy (non-hydrogen) atoms. The van der Waals surface area contributed by atoms with Crippen molar-refractivity contribution in [2.75, 3.05) is 45.3 Å². The topological polar surface area (TPSA) is 159 Å². The first kappa shape index (κ1) is 31.1. The molecule has 1 unspecified atom stereocenters. The number of nitrogens with zero attached hydrogens (tertiary/aromatic N) is 5. The van der Waals surface area contributed by atoms with Crippen molar-refractivity contribution in [3.63, 3.8) is 0 Å². The third-order valence-electron chi connectivity index (χ3n) is 8.99. The number of benzene rings is 2. The number of hydrogen-bond acceptors (Lipinski definition) is 9. The summed E-state index contributed by atoms with van der Waals surface area (Å²) >= 11 is 6.01. The summed E-state index contributed by atoms with van der Waals surface area (Å²) in [6.07, 6.45) is 1.83. The Balaban J connectivity index is 1.02. The summed E-state index contributed by atoms with van der Waals surface area (Å²) in [7, 11) is -3.96. The first-order valence-electron chi connectivity index (χ1n) is 14.8. The zero-order chi connectivity index (χ0) is 32.0. The van der Waals surface area contributed by atoms with Gasteiger partial charge < -0.3 is 34.7 Å². The summed E-state index contributed by atoms with van der Waals surface area (Å²) in [5.74, 6) is -2.85. The molecule has 2 aromatic carbocycles. The highest BCUT2D eigenvalue weighted by Crippen LogP contribution is 2.31. The fourth-order valence-electron chi connectivity index (χ4n) is 6.59. The van der Waals surface area contributed by atoms with E-state index in [0.717, 1.165) is 5.39 Å². The predicted octanol–water partition coefficient (Wildman–Crippen LogP) is 0.911. The van der Waals surface area contributed by atoms with Crippen LogP contribution in [0.1, 0.15) is 25.7 Å². The second-order valence-electron chi connectivity index (χ2n) is 11.9. The number of carboxylic acid groups (broad SMARTS) is 1. The number of carboxylic acids is 1. The molecule has 0 radical (unpaired) electrons. The third-order valence-corrected chi connectivity index (χ3v) is 11.0. The minimum Gasteiger partial charge on any atom is -0.480 e. The van der Waals surface area contributed by atoms with E-state index in [4.69, 9.17) is 11.6 Å². The fraction of sp³-hybridized carbons (Fsp3) is 0.467. The molecule has 15 heteroatoms. The standard InChI is InChI=1S/C30H34ClN5O8S/c31-21-5-3-20-13-23(6-4-19(20)12-21)45(43,44)16-26(37)29(40)33-10-7-22(8-11-33)36-18-34-17-32(14-24(34)28(36)39)15-25(30(41)42)35-9-1-2-27(35)38/h3-6,12-14,22,25-26,37H,1-2,7-11,15-18H2,(H,41,42)/t25?,26-/m1/s1.